The molecular formula is C17H23FN2O. The Hall–Kier alpha value is -2.02. The molecule has 1 aliphatic carbocycles. The van der Waals surface area contributed by atoms with Crippen LogP contribution < -0.4 is 11.1 Å². The maximum Gasteiger partial charge on any atom is 0.217 e. The lowest BCUT2D eigenvalue weighted by molar-refractivity contribution is -0.119. The summed E-state index contributed by atoms with van der Waals surface area (Å²) in [5, 5.41) is 2.92. The number of halogens is 1. The maximum absolute atomic E-state index is 12.3. The molecule has 0 unspecified atom stereocenters. The number of hydrogen-bond acceptors (Lipinski definition) is 2. The van der Waals surface area contributed by atoms with Crippen molar-refractivity contribution in [3.8, 4) is 12.3 Å². The van der Waals surface area contributed by atoms with Crippen molar-refractivity contribution in [3.63, 3.8) is 0 Å². The molecule has 1 aromatic rings. The number of benzene rings is 1. The molecule has 1 fully saturated rings. The van der Waals surface area contributed by atoms with Crippen molar-refractivity contribution in [3.05, 3.63) is 29.6 Å². The molecule has 1 amide bonds. The monoisotopic (exact) mass is 290 g/mol. The first-order valence-corrected chi connectivity index (χ1v) is 7.17. The Morgan fingerprint density at radius 3 is 2.43 bits per heavy atom. The third kappa shape index (κ3) is 6.31. The summed E-state index contributed by atoms with van der Waals surface area (Å²) in [7, 11) is 0. The van der Waals surface area contributed by atoms with Crippen LogP contribution in [0.5, 0.6) is 0 Å². The standard InChI is InChI=1S/C10H15NO.C7H8FN/c1-3-9-4-6-10(7-5-9)11-8(2)12;1-5-4-6(8)2-3-7(5)9/h1,9-10H,4-7H2,2H3,(H,11,12);2-4H,9H2,1H3. The number of rotatable bonds is 1. The van der Waals surface area contributed by atoms with Crippen molar-refractivity contribution >= 4 is 11.6 Å². The number of nitrogens with one attached hydrogen (secondary N) is 1. The van der Waals surface area contributed by atoms with Gasteiger partial charge >= 0.3 is 0 Å². The Kier molecular flexibility index (Phi) is 6.74. The fourth-order valence-corrected chi connectivity index (χ4v) is 2.33. The number of nitrogen functional groups attached to an aromatic ring is 1. The van der Waals surface area contributed by atoms with Crippen LogP contribution in [0.15, 0.2) is 18.2 Å². The van der Waals surface area contributed by atoms with Gasteiger partial charge in [-0.15, -0.1) is 12.3 Å². The van der Waals surface area contributed by atoms with E-state index >= 15 is 0 Å². The number of carbonyl (C=O) groups is 1. The van der Waals surface area contributed by atoms with Gasteiger partial charge in [0.2, 0.25) is 5.91 Å². The van der Waals surface area contributed by atoms with Crippen LogP contribution in [0, 0.1) is 31.0 Å². The van der Waals surface area contributed by atoms with E-state index in [9.17, 15) is 9.18 Å². The van der Waals surface area contributed by atoms with Gasteiger partial charge in [0.25, 0.3) is 0 Å². The van der Waals surface area contributed by atoms with E-state index < -0.39 is 0 Å². The molecule has 0 aromatic heterocycles. The van der Waals surface area contributed by atoms with Crippen molar-refractivity contribution in [2.24, 2.45) is 5.92 Å². The molecule has 3 N–H and O–H groups in total. The number of nitrogens with two attached hydrogens (primary N) is 1. The molecule has 0 spiro atoms. The van der Waals surface area contributed by atoms with Gasteiger partial charge in [0.1, 0.15) is 5.82 Å². The second-order valence-electron chi connectivity index (χ2n) is 5.42. The number of terminal acetylenes is 1. The molecule has 3 nitrogen and oxygen atoms in total. The minimum Gasteiger partial charge on any atom is -0.399 e. The normalized spacial score (nSPS) is 20.7. The summed E-state index contributed by atoms with van der Waals surface area (Å²) in [5.74, 6) is 3.04. The lowest BCUT2D eigenvalue weighted by Gasteiger charge is -2.25. The number of carbonyl (C=O) groups excluding carboxylic acids is 1. The topological polar surface area (TPSA) is 55.1 Å². The zero-order chi connectivity index (χ0) is 15.8. The Balaban J connectivity index is 0.000000219. The van der Waals surface area contributed by atoms with Gasteiger partial charge in [0.05, 0.1) is 0 Å². The highest BCUT2D eigenvalue weighted by atomic mass is 19.1. The molecule has 2 rings (SSSR count). The number of hydrogen-bond donors (Lipinski definition) is 2. The third-order valence-electron chi connectivity index (χ3n) is 3.60. The summed E-state index contributed by atoms with van der Waals surface area (Å²) in [4.78, 5) is 10.7. The largest absolute Gasteiger partial charge is 0.399 e. The zero-order valence-electron chi connectivity index (χ0n) is 12.7. The van der Waals surface area contributed by atoms with Gasteiger partial charge in [-0.2, -0.15) is 0 Å². The van der Waals surface area contributed by atoms with Gasteiger partial charge in [0.15, 0.2) is 0 Å². The van der Waals surface area contributed by atoms with Crippen LogP contribution in [0.1, 0.15) is 38.2 Å². The first-order chi connectivity index (χ1) is 9.92. The summed E-state index contributed by atoms with van der Waals surface area (Å²) < 4.78 is 12.3. The van der Waals surface area contributed by atoms with E-state index in [0.29, 0.717) is 17.6 Å². The summed E-state index contributed by atoms with van der Waals surface area (Å²) >= 11 is 0. The minimum absolute atomic E-state index is 0.0687. The minimum atomic E-state index is -0.235. The summed E-state index contributed by atoms with van der Waals surface area (Å²) in [6.07, 6.45) is 9.50. The predicted octanol–water partition coefficient (Wildman–Crippen LogP) is 3.03. The van der Waals surface area contributed by atoms with Crippen molar-refractivity contribution in [1.82, 2.24) is 5.32 Å². The number of amides is 1. The van der Waals surface area contributed by atoms with Gasteiger partial charge in [-0.1, -0.05) is 0 Å². The fraction of sp³-hybridized carbons (Fsp3) is 0.471. The third-order valence-corrected chi connectivity index (χ3v) is 3.60. The SMILES string of the molecule is C#CC1CCC(NC(C)=O)CC1.Cc1cc(F)ccc1N. The Bertz CT molecular complexity index is 514. The molecule has 0 radical (unpaired) electrons. The summed E-state index contributed by atoms with van der Waals surface area (Å²) in [6, 6.07) is 4.69. The van der Waals surface area contributed by atoms with Crippen LogP contribution in [0.25, 0.3) is 0 Å². The fourth-order valence-electron chi connectivity index (χ4n) is 2.33. The molecule has 1 aromatic carbocycles. The average molecular weight is 290 g/mol. The Morgan fingerprint density at radius 1 is 1.38 bits per heavy atom. The van der Waals surface area contributed by atoms with Crippen LogP contribution >= 0.6 is 0 Å². The van der Waals surface area contributed by atoms with Crippen LogP contribution in [0.3, 0.4) is 0 Å². The molecule has 0 bridgehead atoms. The number of aryl methyl sites for hydroxylation is 1. The van der Waals surface area contributed by atoms with Crippen molar-refractivity contribution in [1.29, 1.82) is 0 Å². The molecule has 21 heavy (non-hydrogen) atoms. The molecule has 1 aliphatic rings. The first kappa shape index (κ1) is 17.0. The molecule has 114 valence electrons. The van der Waals surface area contributed by atoms with Gasteiger partial charge < -0.3 is 11.1 Å². The van der Waals surface area contributed by atoms with E-state index in [0.717, 1.165) is 31.2 Å². The van der Waals surface area contributed by atoms with Crippen LogP contribution in [-0.2, 0) is 4.79 Å². The molecule has 0 atom stereocenters. The van der Waals surface area contributed by atoms with E-state index in [1.165, 1.54) is 12.1 Å². The van der Waals surface area contributed by atoms with Gasteiger partial charge in [-0.05, 0) is 56.4 Å². The average Bonchev–Trinajstić information content (AvgIpc) is 2.44. The van der Waals surface area contributed by atoms with E-state index in [1.54, 1.807) is 19.9 Å². The Morgan fingerprint density at radius 2 is 2.00 bits per heavy atom. The highest BCUT2D eigenvalue weighted by Crippen LogP contribution is 2.23. The lowest BCUT2D eigenvalue weighted by atomic mass is 9.87. The highest BCUT2D eigenvalue weighted by Gasteiger charge is 2.19. The quantitative estimate of drug-likeness (QED) is 0.617. The first-order valence-electron chi connectivity index (χ1n) is 7.17. The number of anilines is 1. The second kappa shape index (κ2) is 8.31. The van der Waals surface area contributed by atoms with Crippen LogP contribution in [0.4, 0.5) is 10.1 Å². The van der Waals surface area contributed by atoms with Crippen LogP contribution in [-0.4, -0.2) is 11.9 Å². The van der Waals surface area contributed by atoms with E-state index in [-0.39, 0.29) is 11.7 Å². The molecular weight excluding hydrogens is 267 g/mol. The summed E-state index contributed by atoms with van der Waals surface area (Å²) in [5.41, 5.74) is 6.84. The van der Waals surface area contributed by atoms with Crippen LogP contribution in [0.2, 0.25) is 0 Å². The zero-order valence-corrected chi connectivity index (χ0v) is 12.7. The van der Waals surface area contributed by atoms with E-state index in [4.69, 9.17) is 12.2 Å². The molecule has 0 heterocycles. The highest BCUT2D eigenvalue weighted by molar-refractivity contribution is 5.73. The molecule has 0 aliphatic heterocycles. The smallest absolute Gasteiger partial charge is 0.217 e. The lowest BCUT2D eigenvalue weighted by Crippen LogP contribution is -2.35. The second-order valence-corrected chi connectivity index (χ2v) is 5.42. The maximum atomic E-state index is 12.3. The van der Waals surface area contributed by atoms with Crippen molar-refractivity contribution in [2.75, 3.05) is 5.73 Å². The van der Waals surface area contributed by atoms with Gasteiger partial charge in [-0.3, -0.25) is 4.79 Å². The van der Waals surface area contributed by atoms with E-state index in [2.05, 4.69) is 11.2 Å². The predicted molar refractivity (Wildman–Crippen MR) is 83.9 cm³/mol. The molecule has 0 saturated heterocycles. The van der Waals surface area contributed by atoms with Crippen molar-refractivity contribution in [2.45, 2.75) is 45.6 Å². The summed E-state index contributed by atoms with van der Waals surface area (Å²) in [6.45, 7) is 3.34. The van der Waals surface area contributed by atoms with Crippen molar-refractivity contribution < 1.29 is 9.18 Å². The van der Waals surface area contributed by atoms with E-state index in [1.807, 2.05) is 0 Å². The molecule has 1 saturated carbocycles. The van der Waals surface area contributed by atoms with Gasteiger partial charge in [0, 0.05) is 24.6 Å². The Labute approximate surface area is 126 Å². The van der Waals surface area contributed by atoms with Gasteiger partial charge in [-0.25, -0.2) is 4.39 Å². The molecule has 4 heteroatoms.